The number of rotatable bonds is 2. The van der Waals surface area contributed by atoms with Gasteiger partial charge in [0, 0.05) is 17.8 Å². The molecule has 0 atom stereocenters. The summed E-state index contributed by atoms with van der Waals surface area (Å²) in [4.78, 5) is 12.3. The maximum Gasteiger partial charge on any atom is 0.255 e. The fourth-order valence-electron chi connectivity index (χ4n) is 2.46. The molecule has 0 spiro atoms. The quantitative estimate of drug-likeness (QED) is 0.877. The average molecular weight is 266 g/mol. The molecule has 0 radical (unpaired) electrons. The van der Waals surface area contributed by atoms with E-state index in [1.807, 2.05) is 49.4 Å². The number of aryl methyl sites for hydroxylation is 1. The molecule has 3 heteroatoms. The van der Waals surface area contributed by atoms with Gasteiger partial charge in [0.2, 0.25) is 0 Å². The van der Waals surface area contributed by atoms with Crippen molar-refractivity contribution in [2.75, 3.05) is 11.9 Å². The minimum atomic E-state index is -0.0461. The number of carbonyl (C=O) groups is 1. The second kappa shape index (κ2) is 5.47. The van der Waals surface area contributed by atoms with Crippen LogP contribution in [-0.4, -0.2) is 12.5 Å². The van der Waals surface area contributed by atoms with Crippen LogP contribution in [0.3, 0.4) is 0 Å². The first kappa shape index (κ1) is 12.9. The van der Waals surface area contributed by atoms with Crippen molar-refractivity contribution in [1.82, 2.24) is 5.32 Å². The van der Waals surface area contributed by atoms with Crippen molar-refractivity contribution in [3.05, 3.63) is 64.7 Å². The van der Waals surface area contributed by atoms with Crippen molar-refractivity contribution in [3.63, 3.8) is 0 Å². The molecular formula is C17H18N2O. The summed E-state index contributed by atoms with van der Waals surface area (Å²) in [5.74, 6) is -0.0461. The minimum Gasteiger partial charge on any atom is -0.322 e. The number of anilines is 1. The third kappa shape index (κ3) is 2.73. The summed E-state index contributed by atoms with van der Waals surface area (Å²) >= 11 is 0. The van der Waals surface area contributed by atoms with Crippen LogP contribution < -0.4 is 10.6 Å². The summed E-state index contributed by atoms with van der Waals surface area (Å²) in [5.41, 5.74) is 5.32. The Labute approximate surface area is 119 Å². The van der Waals surface area contributed by atoms with Gasteiger partial charge in [-0.05, 0) is 55.3 Å². The summed E-state index contributed by atoms with van der Waals surface area (Å²) in [6, 6.07) is 13.8. The van der Waals surface area contributed by atoms with Crippen LogP contribution in [0.15, 0.2) is 42.5 Å². The topological polar surface area (TPSA) is 41.1 Å². The zero-order valence-electron chi connectivity index (χ0n) is 11.6. The highest BCUT2D eigenvalue weighted by molar-refractivity contribution is 6.04. The molecule has 1 heterocycles. The normalized spacial score (nSPS) is 13.7. The lowest BCUT2D eigenvalue weighted by molar-refractivity contribution is 0.102. The fraction of sp³-hybridized carbons (Fsp3) is 0.235. The lowest BCUT2D eigenvalue weighted by Crippen LogP contribution is -2.24. The Balaban J connectivity index is 1.78. The van der Waals surface area contributed by atoms with Crippen LogP contribution in [0.25, 0.3) is 0 Å². The van der Waals surface area contributed by atoms with E-state index in [2.05, 4.69) is 10.6 Å². The smallest absolute Gasteiger partial charge is 0.255 e. The third-order valence-electron chi connectivity index (χ3n) is 3.66. The Morgan fingerprint density at radius 1 is 1.10 bits per heavy atom. The van der Waals surface area contributed by atoms with Gasteiger partial charge < -0.3 is 10.6 Å². The molecule has 0 aromatic heterocycles. The van der Waals surface area contributed by atoms with Crippen molar-refractivity contribution < 1.29 is 4.79 Å². The SMILES string of the molecule is Cc1ccc(NC(=O)c2ccc3c(c2)CCNC3)cc1. The van der Waals surface area contributed by atoms with E-state index >= 15 is 0 Å². The third-order valence-corrected chi connectivity index (χ3v) is 3.66. The summed E-state index contributed by atoms with van der Waals surface area (Å²) in [6.45, 7) is 3.91. The van der Waals surface area contributed by atoms with Crippen LogP contribution in [0.1, 0.15) is 27.0 Å². The van der Waals surface area contributed by atoms with Crippen molar-refractivity contribution in [3.8, 4) is 0 Å². The van der Waals surface area contributed by atoms with Gasteiger partial charge in [0.1, 0.15) is 0 Å². The van der Waals surface area contributed by atoms with Gasteiger partial charge in [-0.1, -0.05) is 23.8 Å². The predicted molar refractivity (Wildman–Crippen MR) is 81.0 cm³/mol. The summed E-state index contributed by atoms with van der Waals surface area (Å²) in [7, 11) is 0. The zero-order valence-corrected chi connectivity index (χ0v) is 11.6. The molecule has 2 aromatic rings. The molecular weight excluding hydrogens is 248 g/mol. The van der Waals surface area contributed by atoms with Crippen LogP contribution in [0.2, 0.25) is 0 Å². The van der Waals surface area contributed by atoms with Crippen molar-refractivity contribution >= 4 is 11.6 Å². The van der Waals surface area contributed by atoms with Gasteiger partial charge in [-0.3, -0.25) is 4.79 Å². The van der Waals surface area contributed by atoms with Gasteiger partial charge in [-0.15, -0.1) is 0 Å². The molecule has 0 saturated heterocycles. The molecule has 0 aliphatic carbocycles. The van der Waals surface area contributed by atoms with Crippen LogP contribution in [-0.2, 0) is 13.0 Å². The van der Waals surface area contributed by atoms with Gasteiger partial charge >= 0.3 is 0 Å². The maximum atomic E-state index is 12.3. The summed E-state index contributed by atoms with van der Waals surface area (Å²) in [5, 5.41) is 6.27. The van der Waals surface area contributed by atoms with E-state index in [0.717, 1.165) is 30.8 Å². The second-order valence-corrected chi connectivity index (χ2v) is 5.23. The molecule has 2 N–H and O–H groups in total. The van der Waals surface area contributed by atoms with Crippen molar-refractivity contribution in [1.29, 1.82) is 0 Å². The highest BCUT2D eigenvalue weighted by atomic mass is 16.1. The number of nitrogens with one attached hydrogen (secondary N) is 2. The van der Waals surface area contributed by atoms with E-state index in [9.17, 15) is 4.79 Å². The lowest BCUT2D eigenvalue weighted by Gasteiger charge is -2.17. The first-order valence-electron chi connectivity index (χ1n) is 6.93. The molecule has 3 nitrogen and oxygen atoms in total. The number of benzene rings is 2. The van der Waals surface area contributed by atoms with Crippen LogP contribution in [0.5, 0.6) is 0 Å². The summed E-state index contributed by atoms with van der Waals surface area (Å²) < 4.78 is 0. The molecule has 0 saturated carbocycles. The predicted octanol–water partition coefficient (Wildman–Crippen LogP) is 2.89. The zero-order chi connectivity index (χ0) is 13.9. The van der Waals surface area contributed by atoms with Gasteiger partial charge in [0.05, 0.1) is 0 Å². The Morgan fingerprint density at radius 2 is 1.90 bits per heavy atom. The summed E-state index contributed by atoms with van der Waals surface area (Å²) in [6.07, 6.45) is 0.987. The van der Waals surface area contributed by atoms with Gasteiger partial charge in [0.15, 0.2) is 0 Å². The number of fused-ring (bicyclic) bond motifs is 1. The molecule has 1 aliphatic heterocycles. The Hall–Kier alpha value is -2.13. The van der Waals surface area contributed by atoms with E-state index in [-0.39, 0.29) is 5.91 Å². The molecule has 0 unspecified atom stereocenters. The van der Waals surface area contributed by atoms with Gasteiger partial charge in [0.25, 0.3) is 5.91 Å². The number of amides is 1. The van der Waals surface area contributed by atoms with Crippen molar-refractivity contribution in [2.45, 2.75) is 19.9 Å². The Bertz CT molecular complexity index is 632. The fourth-order valence-corrected chi connectivity index (χ4v) is 2.46. The standard InChI is InChI=1S/C17H18N2O/c1-12-2-6-16(7-3-12)19-17(20)14-4-5-15-11-18-9-8-13(15)10-14/h2-7,10,18H,8-9,11H2,1H3,(H,19,20). The largest absolute Gasteiger partial charge is 0.322 e. The second-order valence-electron chi connectivity index (χ2n) is 5.23. The highest BCUT2D eigenvalue weighted by Gasteiger charge is 2.12. The molecule has 1 amide bonds. The highest BCUT2D eigenvalue weighted by Crippen LogP contribution is 2.17. The molecule has 0 fully saturated rings. The first-order chi connectivity index (χ1) is 9.72. The molecule has 102 valence electrons. The van der Waals surface area contributed by atoms with Gasteiger partial charge in [-0.25, -0.2) is 0 Å². The molecule has 3 rings (SSSR count). The van der Waals surface area contributed by atoms with Crippen molar-refractivity contribution in [2.24, 2.45) is 0 Å². The number of hydrogen-bond donors (Lipinski definition) is 2. The van der Waals surface area contributed by atoms with E-state index in [0.29, 0.717) is 0 Å². The Morgan fingerprint density at radius 3 is 2.70 bits per heavy atom. The van der Waals surface area contributed by atoms with Gasteiger partial charge in [-0.2, -0.15) is 0 Å². The molecule has 1 aliphatic rings. The van der Waals surface area contributed by atoms with E-state index in [4.69, 9.17) is 0 Å². The molecule has 0 bridgehead atoms. The van der Waals surface area contributed by atoms with E-state index < -0.39 is 0 Å². The number of hydrogen-bond acceptors (Lipinski definition) is 2. The van der Waals surface area contributed by atoms with E-state index in [1.165, 1.54) is 16.7 Å². The molecule has 2 aromatic carbocycles. The Kier molecular flexibility index (Phi) is 3.52. The number of carbonyl (C=O) groups excluding carboxylic acids is 1. The maximum absolute atomic E-state index is 12.3. The average Bonchev–Trinajstić information content (AvgIpc) is 2.49. The van der Waals surface area contributed by atoms with Crippen LogP contribution in [0, 0.1) is 6.92 Å². The first-order valence-corrected chi connectivity index (χ1v) is 6.93. The monoisotopic (exact) mass is 266 g/mol. The minimum absolute atomic E-state index is 0.0461. The molecule has 20 heavy (non-hydrogen) atoms. The lowest BCUT2D eigenvalue weighted by atomic mass is 9.98. The van der Waals surface area contributed by atoms with Crippen LogP contribution >= 0.6 is 0 Å². The van der Waals surface area contributed by atoms with E-state index in [1.54, 1.807) is 0 Å². The van der Waals surface area contributed by atoms with Crippen LogP contribution in [0.4, 0.5) is 5.69 Å².